The molecule has 0 bridgehead atoms. The highest BCUT2D eigenvalue weighted by Gasteiger charge is 2.21. The number of nitrogens with zero attached hydrogens (tertiary/aromatic N) is 2. The Kier molecular flexibility index (Phi) is 5.64. The number of anilines is 2. The molecule has 164 valence electrons. The van der Waals surface area contributed by atoms with Gasteiger partial charge in [0.25, 0.3) is 5.56 Å². The number of aromatic nitrogens is 3. The summed E-state index contributed by atoms with van der Waals surface area (Å²) in [7, 11) is 0. The summed E-state index contributed by atoms with van der Waals surface area (Å²) in [6, 6.07) is 18.5. The Balaban J connectivity index is 1.20. The first kappa shape index (κ1) is 20.3. The number of nitrogen functional groups attached to an aromatic ring is 1. The van der Waals surface area contributed by atoms with Gasteiger partial charge in [0.15, 0.2) is 0 Å². The molecular weight excluding hydrogens is 400 g/mol. The zero-order valence-corrected chi connectivity index (χ0v) is 17.9. The van der Waals surface area contributed by atoms with Crippen LogP contribution >= 0.6 is 0 Å². The van der Waals surface area contributed by atoms with Gasteiger partial charge in [-0.15, -0.1) is 0 Å². The maximum absolute atomic E-state index is 12.3. The standard InChI is InChI=1S/C25H28N6O/c26-19-9-10-31(25(32)13-19)23-6-1-3-17(11-23)15-27-20-4-2-5-21(14-20)29-22-7-8-24-18(12-22)16-28-30-24/h1,3,6-13,16,20-21,27,29H,2,4-5,14-15,26H2,(H,28,30)/t20-,21-/m0/s1. The van der Waals surface area contributed by atoms with Crippen LogP contribution in [0.1, 0.15) is 31.2 Å². The van der Waals surface area contributed by atoms with Crippen molar-refractivity contribution in [1.82, 2.24) is 20.1 Å². The number of pyridine rings is 1. The van der Waals surface area contributed by atoms with Crippen LogP contribution in [0.5, 0.6) is 0 Å². The Morgan fingerprint density at radius 2 is 2.00 bits per heavy atom. The van der Waals surface area contributed by atoms with Crippen molar-refractivity contribution >= 4 is 22.3 Å². The lowest BCUT2D eigenvalue weighted by Gasteiger charge is -2.31. The van der Waals surface area contributed by atoms with Gasteiger partial charge >= 0.3 is 0 Å². The maximum Gasteiger partial charge on any atom is 0.257 e. The molecule has 0 amide bonds. The summed E-state index contributed by atoms with van der Waals surface area (Å²) in [5.74, 6) is 0. The van der Waals surface area contributed by atoms with Crippen LogP contribution < -0.4 is 21.9 Å². The molecule has 2 aromatic heterocycles. The van der Waals surface area contributed by atoms with E-state index in [-0.39, 0.29) is 5.56 Å². The first-order chi connectivity index (χ1) is 15.6. The van der Waals surface area contributed by atoms with Gasteiger partial charge in [0.05, 0.1) is 11.7 Å². The molecular formula is C25H28N6O. The van der Waals surface area contributed by atoms with Crippen molar-refractivity contribution in [1.29, 1.82) is 0 Å². The SMILES string of the molecule is Nc1ccn(-c2cccc(CN[C@H]3CCC[C@H](Nc4ccc5[nH]ncc5c4)C3)c2)c(=O)c1. The van der Waals surface area contributed by atoms with Crippen LogP contribution in [0.2, 0.25) is 0 Å². The van der Waals surface area contributed by atoms with E-state index in [0.717, 1.165) is 40.8 Å². The average Bonchev–Trinajstić information content (AvgIpc) is 3.26. The second kappa shape index (κ2) is 8.88. The Morgan fingerprint density at radius 1 is 1.09 bits per heavy atom. The Hall–Kier alpha value is -3.58. The van der Waals surface area contributed by atoms with Crippen LogP contribution in [0, 0.1) is 0 Å². The summed E-state index contributed by atoms with van der Waals surface area (Å²) >= 11 is 0. The van der Waals surface area contributed by atoms with Crippen LogP contribution in [-0.2, 0) is 6.54 Å². The number of nitrogens with one attached hydrogen (secondary N) is 3. The highest BCUT2D eigenvalue weighted by Crippen LogP contribution is 2.24. The summed E-state index contributed by atoms with van der Waals surface area (Å²) in [4.78, 5) is 12.3. The van der Waals surface area contributed by atoms with Gasteiger partial charge in [-0.2, -0.15) is 5.10 Å². The molecule has 2 aromatic carbocycles. The predicted molar refractivity (Wildman–Crippen MR) is 129 cm³/mol. The van der Waals surface area contributed by atoms with Gasteiger partial charge in [-0.25, -0.2) is 0 Å². The fourth-order valence-corrected chi connectivity index (χ4v) is 4.56. The van der Waals surface area contributed by atoms with Crippen molar-refractivity contribution in [3.8, 4) is 5.69 Å². The predicted octanol–water partition coefficient (Wildman–Crippen LogP) is 3.81. The molecule has 7 heteroatoms. The number of fused-ring (bicyclic) bond motifs is 1. The minimum Gasteiger partial charge on any atom is -0.399 e. The lowest BCUT2D eigenvalue weighted by molar-refractivity contribution is 0.350. The third kappa shape index (κ3) is 4.53. The van der Waals surface area contributed by atoms with Gasteiger partial charge in [0.2, 0.25) is 0 Å². The summed E-state index contributed by atoms with van der Waals surface area (Å²) in [6.45, 7) is 0.774. The first-order valence-electron chi connectivity index (χ1n) is 11.1. The van der Waals surface area contributed by atoms with Crippen molar-refractivity contribution in [2.45, 2.75) is 44.3 Å². The van der Waals surface area contributed by atoms with Crippen LogP contribution in [0.3, 0.4) is 0 Å². The number of rotatable bonds is 6. The molecule has 1 saturated carbocycles. The van der Waals surface area contributed by atoms with Crippen LogP contribution in [0.4, 0.5) is 11.4 Å². The molecule has 1 aliphatic rings. The van der Waals surface area contributed by atoms with Gasteiger partial charge in [0, 0.05) is 53.3 Å². The second-order valence-corrected chi connectivity index (χ2v) is 8.60. The molecule has 1 aliphatic carbocycles. The Bertz CT molecular complexity index is 1280. The monoisotopic (exact) mass is 428 g/mol. The zero-order chi connectivity index (χ0) is 21.9. The minimum absolute atomic E-state index is 0.120. The number of hydrogen-bond donors (Lipinski definition) is 4. The fourth-order valence-electron chi connectivity index (χ4n) is 4.56. The van der Waals surface area contributed by atoms with Crippen molar-refractivity contribution in [2.24, 2.45) is 0 Å². The Morgan fingerprint density at radius 3 is 2.91 bits per heavy atom. The van der Waals surface area contributed by atoms with Gasteiger partial charge < -0.3 is 16.4 Å². The fraction of sp³-hybridized carbons (Fsp3) is 0.280. The van der Waals surface area contributed by atoms with E-state index in [4.69, 9.17) is 5.73 Å². The topological polar surface area (TPSA) is 101 Å². The van der Waals surface area contributed by atoms with E-state index in [2.05, 4.69) is 51.2 Å². The number of aromatic amines is 1. The number of nitrogens with two attached hydrogens (primary N) is 1. The third-order valence-corrected chi connectivity index (χ3v) is 6.21. The van der Waals surface area contributed by atoms with Crippen molar-refractivity contribution in [2.75, 3.05) is 11.1 Å². The van der Waals surface area contributed by atoms with Crippen LogP contribution in [-0.4, -0.2) is 26.8 Å². The minimum atomic E-state index is -0.120. The number of benzene rings is 2. The highest BCUT2D eigenvalue weighted by atomic mass is 16.1. The van der Waals surface area contributed by atoms with Crippen molar-refractivity contribution in [3.05, 3.63) is 82.9 Å². The molecule has 7 nitrogen and oxygen atoms in total. The van der Waals surface area contributed by atoms with Gasteiger partial charge in [-0.05, 0) is 67.6 Å². The maximum atomic E-state index is 12.3. The molecule has 0 radical (unpaired) electrons. The van der Waals surface area contributed by atoms with Crippen LogP contribution in [0.15, 0.2) is 71.8 Å². The molecule has 2 atom stereocenters. The molecule has 32 heavy (non-hydrogen) atoms. The summed E-state index contributed by atoms with van der Waals surface area (Å²) in [5.41, 5.74) is 10.3. The molecule has 4 aromatic rings. The smallest absolute Gasteiger partial charge is 0.257 e. The van der Waals surface area contributed by atoms with E-state index >= 15 is 0 Å². The molecule has 5 rings (SSSR count). The summed E-state index contributed by atoms with van der Waals surface area (Å²) in [6.07, 6.45) is 8.22. The Labute approximate surface area is 186 Å². The largest absolute Gasteiger partial charge is 0.399 e. The van der Waals surface area contributed by atoms with Crippen molar-refractivity contribution < 1.29 is 0 Å². The van der Waals surface area contributed by atoms with Gasteiger partial charge in [-0.3, -0.25) is 14.5 Å². The van der Waals surface area contributed by atoms with E-state index in [0.29, 0.717) is 17.8 Å². The summed E-state index contributed by atoms with van der Waals surface area (Å²) in [5, 5.41) is 15.6. The molecule has 0 saturated heterocycles. The lowest BCUT2D eigenvalue weighted by atomic mass is 9.90. The number of hydrogen-bond acceptors (Lipinski definition) is 5. The number of H-pyrrole nitrogens is 1. The van der Waals surface area contributed by atoms with E-state index in [1.807, 2.05) is 18.3 Å². The third-order valence-electron chi connectivity index (χ3n) is 6.21. The molecule has 5 N–H and O–H groups in total. The molecule has 2 heterocycles. The zero-order valence-electron chi connectivity index (χ0n) is 17.9. The first-order valence-corrected chi connectivity index (χ1v) is 11.1. The quantitative estimate of drug-likeness (QED) is 0.374. The molecule has 1 fully saturated rings. The molecule has 0 spiro atoms. The van der Waals surface area contributed by atoms with E-state index in [1.54, 1.807) is 16.8 Å². The van der Waals surface area contributed by atoms with Gasteiger partial charge in [0.1, 0.15) is 0 Å². The van der Waals surface area contributed by atoms with E-state index in [9.17, 15) is 4.79 Å². The van der Waals surface area contributed by atoms with Gasteiger partial charge in [-0.1, -0.05) is 12.1 Å². The highest BCUT2D eigenvalue weighted by molar-refractivity contribution is 5.81. The molecule has 0 aliphatic heterocycles. The van der Waals surface area contributed by atoms with Crippen LogP contribution in [0.25, 0.3) is 16.6 Å². The summed E-state index contributed by atoms with van der Waals surface area (Å²) < 4.78 is 1.62. The van der Waals surface area contributed by atoms with E-state index in [1.165, 1.54) is 25.3 Å². The normalized spacial score (nSPS) is 18.6. The second-order valence-electron chi connectivity index (χ2n) is 8.60. The lowest BCUT2D eigenvalue weighted by Crippen LogP contribution is -2.38. The van der Waals surface area contributed by atoms with Crippen molar-refractivity contribution in [3.63, 3.8) is 0 Å². The molecule has 0 unspecified atom stereocenters. The van der Waals surface area contributed by atoms with E-state index < -0.39 is 0 Å². The average molecular weight is 429 g/mol.